The van der Waals surface area contributed by atoms with Gasteiger partial charge >= 0.3 is 6.01 Å². The normalized spacial score (nSPS) is 11.4. The fourth-order valence-corrected chi connectivity index (χ4v) is 0.936. The van der Waals surface area contributed by atoms with E-state index in [-0.39, 0.29) is 6.01 Å². The zero-order valence-electron chi connectivity index (χ0n) is 9.70. The predicted molar refractivity (Wildman–Crippen MR) is 58.6 cm³/mol. The van der Waals surface area contributed by atoms with Crippen molar-refractivity contribution in [2.24, 2.45) is 5.73 Å². The number of nitrogens with zero attached hydrogens (tertiary/aromatic N) is 2. The summed E-state index contributed by atoms with van der Waals surface area (Å²) in [5.74, 6) is -0.0245. The van der Waals surface area contributed by atoms with Crippen LogP contribution in [0.3, 0.4) is 0 Å². The van der Waals surface area contributed by atoms with E-state index in [1.807, 2.05) is 6.92 Å². The smallest absolute Gasteiger partial charge is 0.316 e. The third-order valence-electron chi connectivity index (χ3n) is 2.03. The van der Waals surface area contributed by atoms with Gasteiger partial charge in [0.25, 0.3) is 0 Å². The molecule has 7 nitrogen and oxygen atoms in total. The van der Waals surface area contributed by atoms with E-state index in [2.05, 4.69) is 20.8 Å². The van der Waals surface area contributed by atoms with Gasteiger partial charge in [-0.2, -0.15) is 0 Å². The molecule has 0 saturated heterocycles. The van der Waals surface area contributed by atoms with Gasteiger partial charge in [0.15, 0.2) is 0 Å². The minimum atomic E-state index is -0.915. The van der Waals surface area contributed by atoms with Gasteiger partial charge in [-0.1, -0.05) is 12.0 Å². The van der Waals surface area contributed by atoms with Crippen molar-refractivity contribution in [2.75, 3.05) is 11.9 Å². The Balaban J connectivity index is 2.61. The zero-order chi connectivity index (χ0) is 12.2. The lowest BCUT2D eigenvalue weighted by Gasteiger charge is -2.20. The maximum atomic E-state index is 11.1. The standard InChI is InChI=1S/C9H17N5O2/c1-4-11-5-6-13-14-8(16-6)12-9(2,3)7(10)15/h11H,4-5H2,1-3H3,(H2,10,15)(H,12,14). The van der Waals surface area contributed by atoms with Crippen molar-refractivity contribution >= 4 is 11.9 Å². The lowest BCUT2D eigenvalue weighted by Crippen LogP contribution is -2.45. The number of rotatable bonds is 6. The van der Waals surface area contributed by atoms with E-state index < -0.39 is 11.4 Å². The molecular weight excluding hydrogens is 210 g/mol. The second-order valence-corrected chi connectivity index (χ2v) is 3.90. The molecule has 1 rings (SSSR count). The van der Waals surface area contributed by atoms with E-state index in [4.69, 9.17) is 10.2 Å². The average molecular weight is 227 g/mol. The zero-order valence-corrected chi connectivity index (χ0v) is 9.70. The van der Waals surface area contributed by atoms with Crippen LogP contribution in [0.1, 0.15) is 26.7 Å². The topological polar surface area (TPSA) is 106 Å². The molecule has 1 aromatic rings. The quantitative estimate of drug-likeness (QED) is 0.624. The molecule has 7 heteroatoms. The summed E-state index contributed by atoms with van der Waals surface area (Å²) in [6, 6.07) is 0.191. The molecule has 0 aliphatic rings. The fourth-order valence-electron chi connectivity index (χ4n) is 0.936. The van der Waals surface area contributed by atoms with Crippen LogP contribution >= 0.6 is 0 Å². The Labute approximate surface area is 93.8 Å². The summed E-state index contributed by atoms with van der Waals surface area (Å²) < 4.78 is 5.27. The first-order valence-corrected chi connectivity index (χ1v) is 5.07. The largest absolute Gasteiger partial charge is 0.407 e. The molecule has 0 unspecified atom stereocenters. The summed E-state index contributed by atoms with van der Waals surface area (Å²) in [5.41, 5.74) is 4.29. The summed E-state index contributed by atoms with van der Waals surface area (Å²) in [6.07, 6.45) is 0. The highest BCUT2D eigenvalue weighted by Crippen LogP contribution is 2.13. The van der Waals surface area contributed by atoms with Gasteiger partial charge in [-0.25, -0.2) is 0 Å². The van der Waals surface area contributed by atoms with Crippen molar-refractivity contribution in [1.29, 1.82) is 0 Å². The average Bonchev–Trinajstić information content (AvgIpc) is 2.61. The van der Waals surface area contributed by atoms with Gasteiger partial charge in [0, 0.05) is 0 Å². The molecule has 0 saturated carbocycles. The molecule has 0 fully saturated rings. The summed E-state index contributed by atoms with van der Waals surface area (Å²) in [7, 11) is 0. The molecule has 90 valence electrons. The van der Waals surface area contributed by atoms with E-state index in [9.17, 15) is 4.79 Å². The van der Waals surface area contributed by atoms with Gasteiger partial charge in [-0.15, -0.1) is 5.10 Å². The molecule has 16 heavy (non-hydrogen) atoms. The Hall–Kier alpha value is -1.63. The predicted octanol–water partition coefficient (Wildman–Crippen LogP) is -0.145. The van der Waals surface area contributed by atoms with Crippen LogP contribution < -0.4 is 16.4 Å². The van der Waals surface area contributed by atoms with Crippen LogP contribution in [0.2, 0.25) is 0 Å². The maximum Gasteiger partial charge on any atom is 0.316 e. The van der Waals surface area contributed by atoms with E-state index in [1.54, 1.807) is 13.8 Å². The van der Waals surface area contributed by atoms with Crippen molar-refractivity contribution in [2.45, 2.75) is 32.9 Å². The fraction of sp³-hybridized carbons (Fsp3) is 0.667. The molecule has 0 bridgehead atoms. The molecule has 0 spiro atoms. The van der Waals surface area contributed by atoms with Gasteiger partial charge in [-0.3, -0.25) is 4.79 Å². The lowest BCUT2D eigenvalue weighted by atomic mass is 10.1. The van der Waals surface area contributed by atoms with Gasteiger partial charge in [0.05, 0.1) is 6.54 Å². The number of amides is 1. The molecule has 1 amide bonds. The maximum absolute atomic E-state index is 11.1. The molecule has 4 N–H and O–H groups in total. The van der Waals surface area contributed by atoms with Crippen molar-refractivity contribution in [3.63, 3.8) is 0 Å². The summed E-state index contributed by atoms with van der Waals surface area (Å²) in [6.45, 7) is 6.58. The molecule has 0 aliphatic heterocycles. The minimum absolute atomic E-state index is 0.191. The summed E-state index contributed by atoms with van der Waals surface area (Å²) in [5, 5.41) is 13.4. The Morgan fingerprint density at radius 1 is 1.50 bits per heavy atom. The summed E-state index contributed by atoms with van der Waals surface area (Å²) >= 11 is 0. The number of primary amides is 1. The van der Waals surface area contributed by atoms with Crippen LogP contribution in [-0.2, 0) is 11.3 Å². The summed E-state index contributed by atoms with van der Waals surface area (Å²) in [4.78, 5) is 11.1. The molecule has 0 aromatic carbocycles. The molecule has 1 heterocycles. The first-order chi connectivity index (χ1) is 7.45. The van der Waals surface area contributed by atoms with Crippen LogP contribution in [0, 0.1) is 0 Å². The third kappa shape index (κ3) is 3.20. The highest BCUT2D eigenvalue weighted by atomic mass is 16.4. The van der Waals surface area contributed by atoms with Crippen molar-refractivity contribution in [1.82, 2.24) is 15.5 Å². The Morgan fingerprint density at radius 2 is 2.19 bits per heavy atom. The second-order valence-electron chi connectivity index (χ2n) is 3.90. The van der Waals surface area contributed by atoms with Crippen LogP contribution in [0.25, 0.3) is 0 Å². The number of carbonyl (C=O) groups excluding carboxylic acids is 1. The highest BCUT2D eigenvalue weighted by Gasteiger charge is 2.26. The minimum Gasteiger partial charge on any atom is -0.407 e. The Bertz CT molecular complexity index is 361. The number of aromatic nitrogens is 2. The van der Waals surface area contributed by atoms with Crippen molar-refractivity contribution in [3.05, 3.63) is 5.89 Å². The number of hydrogen-bond donors (Lipinski definition) is 3. The van der Waals surface area contributed by atoms with Crippen LogP contribution in [0.15, 0.2) is 4.42 Å². The van der Waals surface area contributed by atoms with E-state index in [0.717, 1.165) is 6.54 Å². The van der Waals surface area contributed by atoms with E-state index >= 15 is 0 Å². The van der Waals surface area contributed by atoms with Crippen molar-refractivity contribution < 1.29 is 9.21 Å². The Morgan fingerprint density at radius 3 is 2.75 bits per heavy atom. The Kier molecular flexibility index (Phi) is 3.83. The number of carbonyl (C=O) groups is 1. The first kappa shape index (κ1) is 12.4. The number of nitrogens with two attached hydrogens (primary N) is 1. The highest BCUT2D eigenvalue weighted by molar-refractivity contribution is 5.86. The monoisotopic (exact) mass is 227 g/mol. The molecule has 0 aliphatic carbocycles. The molecule has 0 radical (unpaired) electrons. The third-order valence-corrected chi connectivity index (χ3v) is 2.03. The van der Waals surface area contributed by atoms with Crippen LogP contribution in [0.4, 0.5) is 6.01 Å². The number of anilines is 1. The molecular formula is C9H17N5O2. The van der Waals surface area contributed by atoms with E-state index in [0.29, 0.717) is 12.4 Å². The molecule has 1 aromatic heterocycles. The molecule has 0 atom stereocenters. The van der Waals surface area contributed by atoms with Gasteiger partial charge < -0.3 is 20.8 Å². The van der Waals surface area contributed by atoms with Crippen molar-refractivity contribution in [3.8, 4) is 0 Å². The number of hydrogen-bond acceptors (Lipinski definition) is 6. The number of nitrogens with one attached hydrogen (secondary N) is 2. The van der Waals surface area contributed by atoms with Gasteiger partial charge in [0.1, 0.15) is 5.54 Å². The lowest BCUT2D eigenvalue weighted by molar-refractivity contribution is -0.121. The van der Waals surface area contributed by atoms with Crippen LogP contribution in [0.5, 0.6) is 0 Å². The SMILES string of the molecule is CCNCc1nnc(NC(C)(C)C(N)=O)o1. The van der Waals surface area contributed by atoms with Gasteiger partial charge in [0.2, 0.25) is 11.8 Å². The van der Waals surface area contributed by atoms with Crippen LogP contribution in [-0.4, -0.2) is 28.2 Å². The first-order valence-electron chi connectivity index (χ1n) is 5.07. The second kappa shape index (κ2) is 4.93. The van der Waals surface area contributed by atoms with E-state index in [1.165, 1.54) is 0 Å². The van der Waals surface area contributed by atoms with Gasteiger partial charge in [-0.05, 0) is 20.4 Å².